The van der Waals surface area contributed by atoms with Crippen molar-refractivity contribution < 1.29 is 8.76 Å². The second kappa shape index (κ2) is 5.79. The van der Waals surface area contributed by atoms with Gasteiger partial charge in [0.15, 0.2) is 11.1 Å². The van der Waals surface area contributed by atoms with Crippen LogP contribution in [0, 0.1) is 6.92 Å². The van der Waals surface area contributed by atoms with E-state index in [0.29, 0.717) is 4.90 Å². The molecule has 4 nitrogen and oxygen atoms in total. The van der Waals surface area contributed by atoms with Crippen molar-refractivity contribution in [2.24, 2.45) is 5.10 Å². The van der Waals surface area contributed by atoms with Crippen molar-refractivity contribution in [1.29, 1.82) is 0 Å². The Kier molecular flexibility index (Phi) is 3.86. The summed E-state index contributed by atoms with van der Waals surface area (Å²) in [6, 6.07) is 15.3. The standard InChI is InChI=1S/C16H16N2O2S/c1-12-2-4-13(5-3-12)16-10-11-18(17-16)14-6-8-15(9-7-14)21(19)20/h2-9H,10-11H2,1H3,(H,19,20). The summed E-state index contributed by atoms with van der Waals surface area (Å²) >= 11 is -1.93. The first-order valence-corrected chi connectivity index (χ1v) is 7.87. The molecule has 1 unspecified atom stereocenters. The molecule has 0 bridgehead atoms. The van der Waals surface area contributed by atoms with Crippen LogP contribution >= 0.6 is 0 Å². The minimum Gasteiger partial charge on any atom is -0.302 e. The summed E-state index contributed by atoms with van der Waals surface area (Å²) in [5, 5.41) is 6.57. The van der Waals surface area contributed by atoms with E-state index in [4.69, 9.17) is 4.55 Å². The van der Waals surface area contributed by atoms with Crippen LogP contribution in [0.3, 0.4) is 0 Å². The molecule has 1 aliphatic rings. The van der Waals surface area contributed by atoms with Gasteiger partial charge in [-0.1, -0.05) is 29.8 Å². The van der Waals surface area contributed by atoms with Gasteiger partial charge >= 0.3 is 0 Å². The highest BCUT2D eigenvalue weighted by molar-refractivity contribution is 7.79. The molecule has 108 valence electrons. The summed E-state index contributed by atoms with van der Waals surface area (Å²) < 4.78 is 20.0. The lowest BCUT2D eigenvalue weighted by Gasteiger charge is -2.13. The predicted molar refractivity (Wildman–Crippen MR) is 85.2 cm³/mol. The Hall–Kier alpha value is -1.98. The Bertz CT molecular complexity index is 693. The van der Waals surface area contributed by atoms with Gasteiger partial charge in [-0.25, -0.2) is 4.21 Å². The van der Waals surface area contributed by atoms with E-state index in [1.165, 1.54) is 5.56 Å². The average Bonchev–Trinajstić information content (AvgIpc) is 2.98. The third-order valence-corrected chi connectivity index (χ3v) is 4.20. The van der Waals surface area contributed by atoms with Gasteiger partial charge in [-0.3, -0.25) is 5.01 Å². The van der Waals surface area contributed by atoms with E-state index >= 15 is 0 Å². The van der Waals surface area contributed by atoms with Crippen molar-refractivity contribution in [2.75, 3.05) is 11.6 Å². The minimum absolute atomic E-state index is 0.403. The summed E-state index contributed by atoms with van der Waals surface area (Å²) in [5.41, 5.74) is 4.40. The van der Waals surface area contributed by atoms with E-state index in [-0.39, 0.29) is 0 Å². The Labute approximate surface area is 126 Å². The molecule has 0 aromatic heterocycles. The number of aryl methyl sites for hydroxylation is 1. The fourth-order valence-corrected chi connectivity index (χ4v) is 2.70. The van der Waals surface area contributed by atoms with Gasteiger partial charge in [0.25, 0.3) is 0 Å². The maximum Gasteiger partial charge on any atom is 0.186 e. The highest BCUT2D eigenvalue weighted by Crippen LogP contribution is 2.23. The number of hydrazone groups is 1. The summed E-state index contributed by atoms with van der Waals surface area (Å²) in [7, 11) is 0. The van der Waals surface area contributed by atoms with Gasteiger partial charge < -0.3 is 4.55 Å². The van der Waals surface area contributed by atoms with Crippen LogP contribution in [0.5, 0.6) is 0 Å². The number of anilines is 1. The molecule has 0 fully saturated rings. The van der Waals surface area contributed by atoms with Crippen LogP contribution in [0.1, 0.15) is 17.5 Å². The molecule has 2 aromatic carbocycles. The molecule has 0 radical (unpaired) electrons. The minimum atomic E-state index is -1.93. The van der Waals surface area contributed by atoms with Gasteiger partial charge in [-0.05, 0) is 36.8 Å². The number of benzene rings is 2. The lowest BCUT2D eigenvalue weighted by molar-refractivity contribution is 0.564. The molecule has 0 saturated heterocycles. The zero-order valence-electron chi connectivity index (χ0n) is 11.7. The van der Waals surface area contributed by atoms with Gasteiger partial charge in [0.1, 0.15) is 0 Å². The van der Waals surface area contributed by atoms with E-state index in [0.717, 1.165) is 29.9 Å². The first kappa shape index (κ1) is 14.0. The van der Waals surface area contributed by atoms with Gasteiger partial charge in [0, 0.05) is 13.0 Å². The molecular weight excluding hydrogens is 284 g/mol. The van der Waals surface area contributed by atoms with E-state index < -0.39 is 11.1 Å². The third kappa shape index (κ3) is 3.04. The Balaban J connectivity index is 1.81. The molecule has 0 spiro atoms. The molecular formula is C16H16N2O2S. The van der Waals surface area contributed by atoms with E-state index in [1.54, 1.807) is 12.1 Å². The van der Waals surface area contributed by atoms with Crippen LogP contribution in [0.2, 0.25) is 0 Å². The molecule has 2 aromatic rings. The number of hydrogen-bond donors (Lipinski definition) is 1. The monoisotopic (exact) mass is 300 g/mol. The molecule has 1 heterocycles. The van der Waals surface area contributed by atoms with Gasteiger partial charge in [-0.15, -0.1) is 0 Å². The lowest BCUT2D eigenvalue weighted by atomic mass is 10.1. The second-order valence-corrected chi connectivity index (χ2v) is 6.00. The van der Waals surface area contributed by atoms with Crippen LogP contribution in [0.4, 0.5) is 5.69 Å². The van der Waals surface area contributed by atoms with Crippen LogP contribution in [0.15, 0.2) is 58.5 Å². The van der Waals surface area contributed by atoms with Crippen molar-refractivity contribution >= 4 is 22.5 Å². The van der Waals surface area contributed by atoms with Gasteiger partial charge in [0.05, 0.1) is 16.3 Å². The first-order chi connectivity index (χ1) is 10.1. The van der Waals surface area contributed by atoms with Gasteiger partial charge in [-0.2, -0.15) is 5.10 Å². The van der Waals surface area contributed by atoms with Crippen molar-refractivity contribution in [2.45, 2.75) is 18.2 Å². The largest absolute Gasteiger partial charge is 0.302 e. The van der Waals surface area contributed by atoms with Crippen LogP contribution in [0.25, 0.3) is 0 Å². The molecule has 5 heteroatoms. The summed E-state index contributed by atoms with van der Waals surface area (Å²) in [4.78, 5) is 0.403. The van der Waals surface area contributed by atoms with Crippen molar-refractivity contribution in [3.63, 3.8) is 0 Å². The van der Waals surface area contributed by atoms with E-state index in [1.807, 2.05) is 17.1 Å². The van der Waals surface area contributed by atoms with Crippen LogP contribution < -0.4 is 5.01 Å². The lowest BCUT2D eigenvalue weighted by Crippen LogP contribution is -2.11. The Morgan fingerprint density at radius 3 is 2.38 bits per heavy atom. The van der Waals surface area contributed by atoms with Crippen molar-refractivity contribution in [3.05, 3.63) is 59.7 Å². The summed E-state index contributed by atoms with van der Waals surface area (Å²) in [5.74, 6) is 0. The van der Waals surface area contributed by atoms with Crippen molar-refractivity contribution in [1.82, 2.24) is 0 Å². The molecule has 3 rings (SSSR count). The SMILES string of the molecule is Cc1ccc(C2=NN(c3ccc(S(=O)O)cc3)CC2)cc1. The number of hydrogen-bond acceptors (Lipinski definition) is 3. The molecule has 0 aliphatic carbocycles. The number of rotatable bonds is 3. The third-order valence-electron chi connectivity index (χ3n) is 3.52. The smallest absolute Gasteiger partial charge is 0.186 e. The second-order valence-electron chi connectivity index (χ2n) is 5.03. The van der Waals surface area contributed by atoms with E-state index in [2.05, 4.69) is 36.3 Å². The van der Waals surface area contributed by atoms with Gasteiger partial charge in [0.2, 0.25) is 0 Å². The molecule has 1 N–H and O–H groups in total. The normalized spacial score (nSPS) is 15.9. The zero-order chi connectivity index (χ0) is 14.8. The van der Waals surface area contributed by atoms with Crippen LogP contribution in [-0.4, -0.2) is 21.0 Å². The highest BCUT2D eigenvalue weighted by atomic mass is 32.2. The average molecular weight is 300 g/mol. The zero-order valence-corrected chi connectivity index (χ0v) is 12.5. The fourth-order valence-electron chi connectivity index (χ4n) is 2.33. The summed E-state index contributed by atoms with van der Waals surface area (Å²) in [6.45, 7) is 2.89. The molecule has 1 aliphatic heterocycles. The van der Waals surface area contributed by atoms with E-state index in [9.17, 15) is 4.21 Å². The van der Waals surface area contributed by atoms with Crippen LogP contribution in [-0.2, 0) is 11.1 Å². The maximum atomic E-state index is 11.0. The first-order valence-electron chi connectivity index (χ1n) is 6.76. The maximum absolute atomic E-state index is 11.0. The predicted octanol–water partition coefficient (Wildman–Crippen LogP) is 3.19. The Morgan fingerprint density at radius 1 is 1.10 bits per heavy atom. The molecule has 21 heavy (non-hydrogen) atoms. The quantitative estimate of drug-likeness (QED) is 0.886. The number of nitrogens with zero attached hydrogens (tertiary/aromatic N) is 2. The molecule has 1 atom stereocenters. The molecule has 0 amide bonds. The fraction of sp³-hybridized carbons (Fsp3) is 0.188. The topological polar surface area (TPSA) is 52.9 Å². The van der Waals surface area contributed by atoms with Crippen molar-refractivity contribution in [3.8, 4) is 0 Å². The summed E-state index contributed by atoms with van der Waals surface area (Å²) in [6.07, 6.45) is 0.900. The highest BCUT2D eigenvalue weighted by Gasteiger charge is 2.17. The Morgan fingerprint density at radius 2 is 1.76 bits per heavy atom. The molecule has 0 saturated carbocycles.